The maximum Gasteiger partial charge on any atom is 0.173 e. The largest absolute Gasteiger partial charge is 0.338 e. The number of anilines is 2. The van der Waals surface area contributed by atoms with E-state index in [-0.39, 0.29) is 5.82 Å². The van der Waals surface area contributed by atoms with Gasteiger partial charge < -0.3 is 4.90 Å². The summed E-state index contributed by atoms with van der Waals surface area (Å²) in [6, 6.07) is 23.8. The number of hydrogen-bond donors (Lipinski definition) is 0. The van der Waals surface area contributed by atoms with Gasteiger partial charge in [-0.05, 0) is 34.9 Å². The minimum atomic E-state index is -0.283. The standard InChI is InChI=1S/C26H18FN3/c27-24-25(20-10-5-7-17-6-1-2-8-19(17)20)29-22-11-4-3-9-21(22)26(24)30-15-13-18-16-28-14-12-23(18)30/h1-12,14,16H,13,15H2. The normalized spacial score (nSPS) is 13.2. The Balaban J connectivity index is 1.68. The molecule has 0 aliphatic carbocycles. The van der Waals surface area contributed by atoms with Gasteiger partial charge in [-0.3, -0.25) is 4.98 Å². The smallest absolute Gasteiger partial charge is 0.173 e. The first-order valence-corrected chi connectivity index (χ1v) is 10.1. The molecule has 3 aromatic carbocycles. The van der Waals surface area contributed by atoms with Gasteiger partial charge in [0.1, 0.15) is 5.69 Å². The number of rotatable bonds is 2. The molecular formula is C26H18FN3. The minimum absolute atomic E-state index is 0.283. The van der Waals surface area contributed by atoms with E-state index in [2.05, 4.69) is 9.88 Å². The number of hydrogen-bond acceptors (Lipinski definition) is 3. The van der Waals surface area contributed by atoms with E-state index in [1.165, 1.54) is 0 Å². The van der Waals surface area contributed by atoms with Gasteiger partial charge in [0, 0.05) is 35.6 Å². The molecular weight excluding hydrogens is 373 g/mol. The van der Waals surface area contributed by atoms with Crippen LogP contribution in [0.4, 0.5) is 15.8 Å². The van der Waals surface area contributed by atoms with Crippen LogP contribution in [0.25, 0.3) is 32.9 Å². The highest BCUT2D eigenvalue weighted by molar-refractivity contribution is 6.01. The molecule has 0 bridgehead atoms. The van der Waals surface area contributed by atoms with Crippen molar-refractivity contribution in [2.24, 2.45) is 0 Å². The number of fused-ring (bicyclic) bond motifs is 3. The van der Waals surface area contributed by atoms with Crippen molar-refractivity contribution in [3.63, 3.8) is 0 Å². The molecule has 0 saturated carbocycles. The predicted octanol–water partition coefficient (Wildman–Crippen LogP) is 6.28. The van der Waals surface area contributed by atoms with Crippen LogP contribution < -0.4 is 4.90 Å². The number of para-hydroxylation sites is 1. The van der Waals surface area contributed by atoms with Gasteiger partial charge in [-0.2, -0.15) is 0 Å². The van der Waals surface area contributed by atoms with Gasteiger partial charge in [0.25, 0.3) is 0 Å². The van der Waals surface area contributed by atoms with Crippen LogP contribution in [-0.4, -0.2) is 16.5 Å². The third kappa shape index (κ3) is 2.50. The summed E-state index contributed by atoms with van der Waals surface area (Å²) < 4.78 is 16.2. The van der Waals surface area contributed by atoms with Crippen molar-refractivity contribution in [1.82, 2.24) is 9.97 Å². The Morgan fingerprint density at radius 1 is 0.833 bits per heavy atom. The molecule has 2 aromatic heterocycles. The van der Waals surface area contributed by atoms with Crippen LogP contribution in [0.3, 0.4) is 0 Å². The van der Waals surface area contributed by atoms with Crippen LogP contribution in [0.15, 0.2) is 85.2 Å². The summed E-state index contributed by atoms with van der Waals surface area (Å²) in [7, 11) is 0. The Bertz CT molecular complexity index is 1420. The average Bonchev–Trinajstić information content (AvgIpc) is 3.22. The maximum absolute atomic E-state index is 16.2. The van der Waals surface area contributed by atoms with E-state index in [4.69, 9.17) is 4.98 Å². The zero-order valence-electron chi connectivity index (χ0n) is 16.2. The summed E-state index contributed by atoms with van der Waals surface area (Å²) in [4.78, 5) is 11.1. The lowest BCUT2D eigenvalue weighted by atomic mass is 9.99. The lowest BCUT2D eigenvalue weighted by molar-refractivity contribution is 0.627. The molecule has 144 valence electrons. The van der Waals surface area contributed by atoms with Crippen molar-refractivity contribution in [3.05, 3.63) is 96.6 Å². The quantitative estimate of drug-likeness (QED) is 0.354. The molecule has 0 radical (unpaired) electrons. The summed E-state index contributed by atoms with van der Waals surface area (Å²) in [5.41, 5.74) is 4.75. The lowest BCUT2D eigenvalue weighted by Gasteiger charge is -2.23. The lowest BCUT2D eigenvalue weighted by Crippen LogP contribution is -2.16. The Labute approximate surface area is 173 Å². The van der Waals surface area contributed by atoms with Gasteiger partial charge >= 0.3 is 0 Å². The molecule has 0 atom stereocenters. The van der Waals surface area contributed by atoms with Crippen LogP contribution in [0.2, 0.25) is 0 Å². The molecule has 30 heavy (non-hydrogen) atoms. The van der Waals surface area contributed by atoms with Crippen molar-refractivity contribution in [3.8, 4) is 11.3 Å². The van der Waals surface area contributed by atoms with Crippen molar-refractivity contribution < 1.29 is 4.39 Å². The Morgan fingerprint density at radius 3 is 2.57 bits per heavy atom. The van der Waals surface area contributed by atoms with E-state index in [1.807, 2.05) is 79.0 Å². The van der Waals surface area contributed by atoms with E-state index in [1.54, 1.807) is 6.20 Å². The fourth-order valence-corrected chi connectivity index (χ4v) is 4.51. The van der Waals surface area contributed by atoms with Crippen molar-refractivity contribution in [2.45, 2.75) is 6.42 Å². The topological polar surface area (TPSA) is 29.0 Å². The van der Waals surface area contributed by atoms with E-state index < -0.39 is 0 Å². The first kappa shape index (κ1) is 17.1. The second kappa shape index (κ2) is 6.63. The summed E-state index contributed by atoms with van der Waals surface area (Å²) in [5, 5.41) is 2.89. The van der Waals surface area contributed by atoms with Gasteiger partial charge in [0.05, 0.1) is 11.2 Å². The summed E-state index contributed by atoms with van der Waals surface area (Å²) in [6.45, 7) is 0.723. The fraction of sp³-hybridized carbons (Fsp3) is 0.0769. The first-order valence-electron chi connectivity index (χ1n) is 10.1. The summed E-state index contributed by atoms with van der Waals surface area (Å²) in [5.74, 6) is -0.283. The van der Waals surface area contributed by atoms with Crippen molar-refractivity contribution in [1.29, 1.82) is 0 Å². The number of nitrogens with zero attached hydrogens (tertiary/aromatic N) is 3. The number of pyridine rings is 2. The average molecular weight is 391 g/mol. The molecule has 0 unspecified atom stereocenters. The highest BCUT2D eigenvalue weighted by Crippen LogP contribution is 2.42. The fourth-order valence-electron chi connectivity index (χ4n) is 4.51. The van der Waals surface area contributed by atoms with Gasteiger partial charge in [-0.15, -0.1) is 0 Å². The first-order chi connectivity index (χ1) is 14.8. The SMILES string of the molecule is Fc1c(-c2cccc3ccccc23)nc2ccccc2c1N1CCc2cnccc21. The van der Waals surface area contributed by atoms with Gasteiger partial charge in [-0.1, -0.05) is 60.7 Å². The van der Waals surface area contributed by atoms with E-state index >= 15 is 4.39 Å². The van der Waals surface area contributed by atoms with Gasteiger partial charge in [0.15, 0.2) is 5.82 Å². The molecule has 0 spiro atoms. The Kier molecular flexibility index (Phi) is 3.78. The van der Waals surface area contributed by atoms with E-state index in [0.29, 0.717) is 11.4 Å². The van der Waals surface area contributed by atoms with E-state index in [0.717, 1.165) is 51.5 Å². The van der Waals surface area contributed by atoms with Crippen LogP contribution in [0.5, 0.6) is 0 Å². The van der Waals surface area contributed by atoms with Crippen LogP contribution in [-0.2, 0) is 6.42 Å². The monoisotopic (exact) mass is 391 g/mol. The van der Waals surface area contributed by atoms with Crippen LogP contribution in [0, 0.1) is 5.82 Å². The van der Waals surface area contributed by atoms with Crippen molar-refractivity contribution in [2.75, 3.05) is 11.4 Å². The van der Waals surface area contributed by atoms with Crippen LogP contribution in [0.1, 0.15) is 5.56 Å². The number of benzene rings is 3. The molecule has 0 saturated heterocycles. The summed E-state index contributed by atoms with van der Waals surface area (Å²) >= 11 is 0. The Morgan fingerprint density at radius 2 is 1.63 bits per heavy atom. The molecule has 0 amide bonds. The van der Waals surface area contributed by atoms with Crippen molar-refractivity contribution >= 4 is 33.1 Å². The third-order valence-corrected chi connectivity index (χ3v) is 5.90. The molecule has 4 heteroatoms. The minimum Gasteiger partial charge on any atom is -0.338 e. The molecule has 1 aliphatic rings. The number of aromatic nitrogens is 2. The summed E-state index contributed by atoms with van der Waals surface area (Å²) in [6.07, 6.45) is 4.50. The molecule has 3 heterocycles. The molecule has 5 aromatic rings. The van der Waals surface area contributed by atoms with Gasteiger partial charge in [-0.25, -0.2) is 9.37 Å². The predicted molar refractivity (Wildman–Crippen MR) is 120 cm³/mol. The molecule has 0 fully saturated rings. The zero-order valence-corrected chi connectivity index (χ0v) is 16.2. The molecule has 3 nitrogen and oxygen atoms in total. The Hall–Kier alpha value is -3.79. The highest BCUT2D eigenvalue weighted by Gasteiger charge is 2.27. The molecule has 0 N–H and O–H groups in total. The van der Waals surface area contributed by atoms with Gasteiger partial charge in [0.2, 0.25) is 0 Å². The second-order valence-electron chi connectivity index (χ2n) is 7.57. The molecule has 1 aliphatic heterocycles. The molecule has 6 rings (SSSR count). The third-order valence-electron chi connectivity index (χ3n) is 5.90. The second-order valence-corrected chi connectivity index (χ2v) is 7.57. The van der Waals surface area contributed by atoms with E-state index in [9.17, 15) is 0 Å². The zero-order chi connectivity index (χ0) is 20.1. The highest BCUT2D eigenvalue weighted by atomic mass is 19.1. The maximum atomic E-state index is 16.2. The van der Waals surface area contributed by atoms with Crippen LogP contribution >= 0.6 is 0 Å². The number of halogens is 1.